The van der Waals surface area contributed by atoms with Crippen LogP contribution in [0, 0.1) is 0 Å². The van der Waals surface area contributed by atoms with E-state index in [0.717, 1.165) is 10.5 Å². The predicted octanol–water partition coefficient (Wildman–Crippen LogP) is 0.784. The number of nitrogens with one attached hydrogen (secondary N) is 3. The minimum Gasteiger partial charge on any atom is -0.464 e. The average molecular weight is 361 g/mol. The van der Waals surface area contributed by atoms with Crippen molar-refractivity contribution in [2.45, 2.75) is 26.4 Å². The van der Waals surface area contributed by atoms with Crippen molar-refractivity contribution in [3.8, 4) is 11.3 Å². The van der Waals surface area contributed by atoms with Crippen LogP contribution in [-0.2, 0) is 11.3 Å². The number of hydrogen-bond acceptors (Lipinski definition) is 5. The average Bonchev–Trinajstić information content (AvgIpc) is 3.13. The lowest BCUT2D eigenvalue weighted by Gasteiger charge is -2.14. The van der Waals surface area contributed by atoms with Gasteiger partial charge in [-0.05, 0) is 26.0 Å². The third kappa shape index (κ3) is 3.97. The number of nitrogens with zero attached hydrogens (tertiary/aromatic N) is 1. The Hall–Kier alpha value is -2.45. The highest BCUT2D eigenvalue weighted by Crippen LogP contribution is 2.30. The van der Waals surface area contributed by atoms with Crippen molar-refractivity contribution in [2.24, 2.45) is 0 Å². The Morgan fingerprint density at radius 2 is 2.28 bits per heavy atom. The van der Waals surface area contributed by atoms with Crippen LogP contribution in [0.2, 0.25) is 0 Å². The number of fused-ring (bicyclic) bond motifs is 1. The first-order valence-electron chi connectivity index (χ1n) is 8.09. The fourth-order valence-corrected chi connectivity index (χ4v) is 3.63. The normalized spacial score (nSPS) is 12.6. The van der Waals surface area contributed by atoms with Gasteiger partial charge in [0.1, 0.15) is 17.1 Å². The molecule has 0 radical (unpaired) electrons. The van der Waals surface area contributed by atoms with E-state index in [1.807, 2.05) is 32.3 Å². The minimum absolute atomic E-state index is 0.0212. The summed E-state index contributed by atoms with van der Waals surface area (Å²) in [4.78, 5) is 33.3. The summed E-state index contributed by atoms with van der Waals surface area (Å²) in [5.41, 5.74) is 0.564. The molecule has 25 heavy (non-hydrogen) atoms. The van der Waals surface area contributed by atoms with Gasteiger partial charge in [0.25, 0.3) is 11.5 Å². The number of carbonyl (C=O) groups is 1. The van der Waals surface area contributed by atoms with Crippen molar-refractivity contribution >= 4 is 27.5 Å². The summed E-state index contributed by atoms with van der Waals surface area (Å²) in [6.07, 6.45) is 1.58. The third-order valence-corrected chi connectivity index (χ3v) is 4.53. The number of rotatable bonds is 6. The highest BCUT2D eigenvalue weighted by atomic mass is 32.1. The lowest BCUT2D eigenvalue weighted by atomic mass is 10.2. The molecule has 7 nitrogen and oxygen atoms in total. The maximum absolute atomic E-state index is 12.5. The standard InChI is InChI=1S/C17H20N4O3S/c1-10(2)18-14(22)8-21(3)7-13-19-16(23)15-11(9-25-17(15)20-13)12-5-4-6-24-12/h4-6,9-10H,7-8H2,1-3H3,(H,18,22)(H,19,20,23)/p+1. The molecule has 3 heterocycles. The van der Waals surface area contributed by atoms with E-state index >= 15 is 0 Å². The Kier molecular flexibility index (Phi) is 5.00. The molecule has 3 aromatic rings. The van der Waals surface area contributed by atoms with Crippen molar-refractivity contribution < 1.29 is 14.1 Å². The lowest BCUT2D eigenvalue weighted by molar-refractivity contribution is -0.886. The maximum atomic E-state index is 12.5. The Morgan fingerprint density at radius 3 is 2.96 bits per heavy atom. The second-order valence-corrected chi connectivity index (χ2v) is 7.21. The highest BCUT2D eigenvalue weighted by molar-refractivity contribution is 7.17. The Morgan fingerprint density at radius 1 is 1.48 bits per heavy atom. The molecular weight excluding hydrogens is 340 g/mol. The van der Waals surface area contributed by atoms with Gasteiger partial charge in [0.2, 0.25) is 0 Å². The van der Waals surface area contributed by atoms with E-state index in [1.54, 1.807) is 12.3 Å². The number of hydrogen-bond donors (Lipinski definition) is 3. The van der Waals surface area contributed by atoms with Crippen LogP contribution in [0.25, 0.3) is 21.5 Å². The molecule has 0 spiro atoms. The molecule has 132 valence electrons. The number of quaternary nitrogens is 1. The molecule has 0 saturated heterocycles. The number of carbonyl (C=O) groups excluding carboxylic acids is 1. The van der Waals surface area contributed by atoms with E-state index in [9.17, 15) is 9.59 Å². The van der Waals surface area contributed by atoms with Crippen molar-refractivity contribution in [2.75, 3.05) is 13.6 Å². The van der Waals surface area contributed by atoms with Crippen molar-refractivity contribution in [1.82, 2.24) is 15.3 Å². The molecular formula is C17H21N4O3S+. The summed E-state index contributed by atoms with van der Waals surface area (Å²) in [7, 11) is 1.90. The summed E-state index contributed by atoms with van der Waals surface area (Å²) in [5.74, 6) is 1.20. The minimum atomic E-state index is -0.188. The van der Waals surface area contributed by atoms with Crippen LogP contribution in [0.15, 0.2) is 33.0 Å². The number of thiophene rings is 1. The quantitative estimate of drug-likeness (QED) is 0.605. The fraction of sp³-hybridized carbons (Fsp3) is 0.353. The first-order chi connectivity index (χ1) is 11.9. The van der Waals surface area contributed by atoms with Crippen LogP contribution in [0.1, 0.15) is 19.7 Å². The first-order valence-corrected chi connectivity index (χ1v) is 8.97. The SMILES string of the molecule is CC(C)NC(=O)C[NH+](C)Cc1nc2scc(-c3ccco3)c2c(=O)[nH]1. The molecule has 0 aliphatic carbocycles. The number of aromatic amines is 1. The third-order valence-electron chi connectivity index (χ3n) is 3.66. The molecule has 8 heteroatoms. The summed E-state index contributed by atoms with van der Waals surface area (Å²) < 4.78 is 5.39. The Labute approximate surface area is 148 Å². The van der Waals surface area contributed by atoms with Gasteiger partial charge in [-0.15, -0.1) is 11.3 Å². The number of furan rings is 1. The lowest BCUT2D eigenvalue weighted by Crippen LogP contribution is -3.09. The van der Waals surface area contributed by atoms with Gasteiger partial charge in [0.05, 0.1) is 18.7 Å². The fourth-order valence-electron chi connectivity index (χ4n) is 2.69. The first kappa shape index (κ1) is 17.4. The van der Waals surface area contributed by atoms with Crippen molar-refractivity contribution in [3.63, 3.8) is 0 Å². The molecule has 1 unspecified atom stereocenters. The second-order valence-electron chi connectivity index (χ2n) is 6.35. The maximum Gasteiger partial charge on any atom is 0.275 e. The molecule has 0 aliphatic rings. The number of aromatic nitrogens is 2. The van der Waals surface area contributed by atoms with Gasteiger partial charge < -0.3 is 19.6 Å². The number of H-pyrrole nitrogens is 1. The summed E-state index contributed by atoms with van der Waals surface area (Å²) in [6, 6.07) is 3.72. The molecule has 0 saturated carbocycles. The van der Waals surface area contributed by atoms with Crippen molar-refractivity contribution in [3.05, 3.63) is 40.0 Å². The molecule has 0 aliphatic heterocycles. The molecule has 3 aromatic heterocycles. The van der Waals surface area contributed by atoms with Crippen LogP contribution in [0.5, 0.6) is 0 Å². The van der Waals surface area contributed by atoms with E-state index in [4.69, 9.17) is 4.42 Å². The van der Waals surface area contributed by atoms with Gasteiger partial charge in [0, 0.05) is 17.0 Å². The monoisotopic (exact) mass is 361 g/mol. The Bertz CT molecular complexity index is 927. The van der Waals surface area contributed by atoms with Gasteiger partial charge >= 0.3 is 0 Å². The Balaban J connectivity index is 1.80. The number of amides is 1. The topological polar surface area (TPSA) is 92.4 Å². The smallest absolute Gasteiger partial charge is 0.275 e. The molecule has 1 amide bonds. The zero-order valence-corrected chi connectivity index (χ0v) is 15.2. The zero-order chi connectivity index (χ0) is 18.0. The van der Waals surface area contributed by atoms with E-state index in [1.165, 1.54) is 11.3 Å². The molecule has 1 atom stereocenters. The van der Waals surface area contributed by atoms with Crippen LogP contribution in [0.3, 0.4) is 0 Å². The van der Waals surface area contributed by atoms with Crippen LogP contribution in [-0.4, -0.2) is 35.5 Å². The van der Waals surface area contributed by atoms with Gasteiger partial charge in [0.15, 0.2) is 12.4 Å². The van der Waals surface area contributed by atoms with Gasteiger partial charge in [-0.25, -0.2) is 4.98 Å². The van der Waals surface area contributed by atoms with E-state index in [2.05, 4.69) is 15.3 Å². The largest absolute Gasteiger partial charge is 0.464 e. The van der Waals surface area contributed by atoms with Crippen LogP contribution >= 0.6 is 11.3 Å². The zero-order valence-electron chi connectivity index (χ0n) is 14.4. The molecule has 3 N–H and O–H groups in total. The molecule has 0 fully saturated rings. The summed E-state index contributed by atoms with van der Waals surface area (Å²) >= 11 is 1.41. The van der Waals surface area contributed by atoms with Gasteiger partial charge in [-0.2, -0.15) is 0 Å². The summed E-state index contributed by atoms with van der Waals surface area (Å²) in [5, 5.41) is 5.28. The predicted molar refractivity (Wildman–Crippen MR) is 96.7 cm³/mol. The van der Waals surface area contributed by atoms with Gasteiger partial charge in [-0.3, -0.25) is 9.59 Å². The highest BCUT2D eigenvalue weighted by Gasteiger charge is 2.17. The van der Waals surface area contributed by atoms with Crippen molar-refractivity contribution in [1.29, 1.82) is 0 Å². The van der Waals surface area contributed by atoms with E-state index < -0.39 is 0 Å². The molecule has 3 rings (SSSR count). The van der Waals surface area contributed by atoms with E-state index in [0.29, 0.717) is 34.9 Å². The molecule has 0 bridgehead atoms. The summed E-state index contributed by atoms with van der Waals surface area (Å²) in [6.45, 7) is 4.63. The van der Waals surface area contributed by atoms with E-state index in [-0.39, 0.29) is 17.5 Å². The van der Waals surface area contributed by atoms with Gasteiger partial charge in [-0.1, -0.05) is 0 Å². The van der Waals surface area contributed by atoms with Crippen LogP contribution < -0.4 is 15.8 Å². The van der Waals surface area contributed by atoms with Crippen LogP contribution in [0.4, 0.5) is 0 Å². The second kappa shape index (κ2) is 7.20. The number of likely N-dealkylation sites (N-methyl/N-ethyl adjacent to an activating group) is 1. The molecule has 0 aromatic carbocycles.